The third-order valence-electron chi connectivity index (χ3n) is 5.20. The number of amides is 2. The van der Waals surface area contributed by atoms with Crippen molar-refractivity contribution >= 4 is 34.0 Å². The van der Waals surface area contributed by atoms with Crippen LogP contribution in [0.5, 0.6) is 0 Å². The predicted molar refractivity (Wildman–Crippen MR) is 112 cm³/mol. The molecule has 4 rings (SSSR count). The number of nitrogens with one attached hydrogen (secondary N) is 2. The van der Waals surface area contributed by atoms with E-state index in [1.165, 1.54) is 12.1 Å². The van der Waals surface area contributed by atoms with Crippen molar-refractivity contribution in [2.75, 3.05) is 18.4 Å². The predicted octanol–water partition coefficient (Wildman–Crippen LogP) is 4.59. The molecule has 0 radical (unpaired) electrons. The first kappa shape index (κ1) is 18.9. The van der Waals surface area contributed by atoms with Crippen molar-refractivity contribution in [1.82, 2.24) is 9.88 Å². The molecule has 5 nitrogen and oxygen atoms in total. The number of anilines is 1. The van der Waals surface area contributed by atoms with Gasteiger partial charge in [0.15, 0.2) is 0 Å². The molecule has 0 aliphatic carbocycles. The zero-order chi connectivity index (χ0) is 20.4. The van der Waals surface area contributed by atoms with Crippen molar-refractivity contribution in [2.24, 2.45) is 0 Å². The maximum atomic E-state index is 13.4. The third-order valence-corrected chi connectivity index (χ3v) is 5.20. The first-order valence-electron chi connectivity index (χ1n) is 9.70. The van der Waals surface area contributed by atoms with Crippen LogP contribution in [0.4, 0.5) is 10.1 Å². The van der Waals surface area contributed by atoms with Gasteiger partial charge in [-0.15, -0.1) is 0 Å². The summed E-state index contributed by atoms with van der Waals surface area (Å²) in [5, 5.41) is 3.77. The Morgan fingerprint density at radius 3 is 2.83 bits per heavy atom. The molecule has 2 heterocycles. The SMILES string of the molecule is CCC(=O)Nc1cccc(C(=O)N2CC=C(c3c[nH]c4cc(F)ccc34)CC2)c1. The van der Waals surface area contributed by atoms with Crippen LogP contribution in [0.1, 0.15) is 35.7 Å². The smallest absolute Gasteiger partial charge is 0.254 e. The molecule has 0 fully saturated rings. The molecular weight excluding hydrogens is 369 g/mol. The van der Waals surface area contributed by atoms with Crippen LogP contribution in [-0.4, -0.2) is 34.8 Å². The second kappa shape index (κ2) is 7.91. The van der Waals surface area contributed by atoms with E-state index in [4.69, 9.17) is 0 Å². The van der Waals surface area contributed by atoms with Crippen LogP contribution in [-0.2, 0) is 4.79 Å². The summed E-state index contributed by atoms with van der Waals surface area (Å²) in [6.45, 7) is 2.89. The zero-order valence-electron chi connectivity index (χ0n) is 16.2. The third kappa shape index (κ3) is 3.92. The summed E-state index contributed by atoms with van der Waals surface area (Å²) in [6, 6.07) is 11.8. The summed E-state index contributed by atoms with van der Waals surface area (Å²) < 4.78 is 13.4. The van der Waals surface area contributed by atoms with Crippen molar-refractivity contribution in [3.8, 4) is 0 Å². The first-order valence-corrected chi connectivity index (χ1v) is 9.70. The highest BCUT2D eigenvalue weighted by Gasteiger charge is 2.21. The Kier molecular flexibility index (Phi) is 5.16. The highest BCUT2D eigenvalue weighted by Crippen LogP contribution is 2.30. The number of rotatable bonds is 4. The summed E-state index contributed by atoms with van der Waals surface area (Å²) in [4.78, 5) is 29.4. The van der Waals surface area contributed by atoms with E-state index >= 15 is 0 Å². The van der Waals surface area contributed by atoms with Crippen molar-refractivity contribution in [3.63, 3.8) is 0 Å². The fourth-order valence-corrected chi connectivity index (χ4v) is 3.62. The van der Waals surface area contributed by atoms with Crippen LogP contribution in [0.2, 0.25) is 0 Å². The van der Waals surface area contributed by atoms with Gasteiger partial charge >= 0.3 is 0 Å². The lowest BCUT2D eigenvalue weighted by Gasteiger charge is -2.26. The lowest BCUT2D eigenvalue weighted by molar-refractivity contribution is -0.115. The molecule has 1 aliphatic rings. The number of H-pyrrole nitrogens is 1. The minimum atomic E-state index is -0.266. The van der Waals surface area contributed by atoms with Crippen LogP contribution in [0.25, 0.3) is 16.5 Å². The summed E-state index contributed by atoms with van der Waals surface area (Å²) in [7, 11) is 0. The number of aromatic amines is 1. The number of aromatic nitrogens is 1. The van der Waals surface area contributed by atoms with E-state index < -0.39 is 0 Å². The van der Waals surface area contributed by atoms with E-state index in [1.54, 1.807) is 42.2 Å². The number of nitrogens with zero attached hydrogens (tertiary/aromatic N) is 1. The van der Waals surface area contributed by atoms with Crippen LogP contribution in [0.3, 0.4) is 0 Å². The van der Waals surface area contributed by atoms with Gasteiger partial charge in [0.25, 0.3) is 5.91 Å². The molecule has 0 unspecified atom stereocenters. The van der Waals surface area contributed by atoms with Gasteiger partial charge in [-0.05, 0) is 48.4 Å². The van der Waals surface area contributed by atoms with E-state index in [2.05, 4.69) is 16.4 Å². The van der Waals surface area contributed by atoms with E-state index in [-0.39, 0.29) is 17.6 Å². The maximum absolute atomic E-state index is 13.4. The molecule has 0 atom stereocenters. The Morgan fingerprint density at radius 1 is 1.21 bits per heavy atom. The van der Waals surface area contributed by atoms with E-state index in [9.17, 15) is 14.0 Å². The van der Waals surface area contributed by atoms with E-state index in [0.717, 1.165) is 28.5 Å². The Morgan fingerprint density at radius 2 is 2.07 bits per heavy atom. The number of halogens is 1. The molecule has 2 aromatic carbocycles. The standard InChI is InChI=1S/C23H22FN3O2/c1-2-22(28)26-18-5-3-4-16(12-18)23(29)27-10-8-15(9-11-27)20-14-25-21-13-17(24)6-7-19(20)21/h3-8,12-14,25H,2,9-11H2,1H3,(H,26,28). The van der Waals surface area contributed by atoms with Crippen molar-refractivity contribution in [2.45, 2.75) is 19.8 Å². The molecule has 2 N–H and O–H groups in total. The maximum Gasteiger partial charge on any atom is 0.254 e. The van der Waals surface area contributed by atoms with Crippen LogP contribution in [0.15, 0.2) is 54.7 Å². The average molecular weight is 391 g/mol. The van der Waals surface area contributed by atoms with Gasteiger partial charge in [0.1, 0.15) is 5.82 Å². The minimum absolute atomic E-state index is 0.0612. The molecule has 1 aliphatic heterocycles. The Bertz CT molecular complexity index is 1120. The summed E-state index contributed by atoms with van der Waals surface area (Å²) >= 11 is 0. The lowest BCUT2D eigenvalue weighted by atomic mass is 9.98. The molecule has 1 aromatic heterocycles. The molecule has 0 spiro atoms. The molecule has 0 saturated carbocycles. The van der Waals surface area contributed by atoms with Crippen molar-refractivity contribution in [3.05, 3.63) is 71.7 Å². The second-order valence-corrected chi connectivity index (χ2v) is 7.11. The van der Waals surface area contributed by atoms with Crippen LogP contribution < -0.4 is 5.32 Å². The molecule has 0 saturated heterocycles. The molecule has 29 heavy (non-hydrogen) atoms. The van der Waals surface area contributed by atoms with Gasteiger partial charge in [0.05, 0.1) is 0 Å². The number of carbonyl (C=O) groups is 2. The molecule has 2 amide bonds. The van der Waals surface area contributed by atoms with Gasteiger partial charge in [0, 0.05) is 53.4 Å². The zero-order valence-corrected chi connectivity index (χ0v) is 16.2. The normalized spacial score (nSPS) is 14.0. The molecule has 0 bridgehead atoms. The van der Waals surface area contributed by atoms with Crippen LogP contribution >= 0.6 is 0 Å². The highest BCUT2D eigenvalue weighted by atomic mass is 19.1. The van der Waals surface area contributed by atoms with Crippen molar-refractivity contribution < 1.29 is 14.0 Å². The Labute approximate surface area is 168 Å². The molecular formula is C23H22FN3O2. The molecule has 148 valence electrons. The molecule has 3 aromatic rings. The summed E-state index contributed by atoms with van der Waals surface area (Å²) in [5.41, 5.74) is 4.15. The highest BCUT2D eigenvalue weighted by molar-refractivity contribution is 5.98. The quantitative estimate of drug-likeness (QED) is 0.683. The van der Waals surface area contributed by atoms with E-state index in [1.807, 2.05) is 6.20 Å². The topological polar surface area (TPSA) is 65.2 Å². The summed E-state index contributed by atoms with van der Waals surface area (Å²) in [5.74, 6) is -0.412. The fraction of sp³-hybridized carbons (Fsp3) is 0.217. The fourth-order valence-electron chi connectivity index (χ4n) is 3.62. The average Bonchev–Trinajstić information content (AvgIpc) is 3.16. The number of hydrogen-bond acceptors (Lipinski definition) is 2. The molecule has 6 heteroatoms. The summed E-state index contributed by atoms with van der Waals surface area (Å²) in [6.07, 6.45) is 5.06. The first-order chi connectivity index (χ1) is 14.0. The van der Waals surface area contributed by atoms with Gasteiger partial charge in [-0.1, -0.05) is 19.1 Å². The van der Waals surface area contributed by atoms with Gasteiger partial charge in [0.2, 0.25) is 5.91 Å². The number of benzene rings is 2. The Hall–Kier alpha value is -3.41. The van der Waals surface area contributed by atoms with Crippen LogP contribution in [0, 0.1) is 5.82 Å². The van der Waals surface area contributed by atoms with Gasteiger partial charge in [-0.2, -0.15) is 0 Å². The van der Waals surface area contributed by atoms with Gasteiger partial charge in [-0.3, -0.25) is 9.59 Å². The van der Waals surface area contributed by atoms with Crippen molar-refractivity contribution in [1.29, 1.82) is 0 Å². The minimum Gasteiger partial charge on any atom is -0.360 e. The number of fused-ring (bicyclic) bond motifs is 1. The number of hydrogen-bond donors (Lipinski definition) is 2. The Balaban J connectivity index is 1.50. The van der Waals surface area contributed by atoms with Gasteiger partial charge < -0.3 is 15.2 Å². The van der Waals surface area contributed by atoms with Gasteiger partial charge in [-0.25, -0.2) is 4.39 Å². The lowest BCUT2D eigenvalue weighted by Crippen LogP contribution is -2.34. The number of carbonyl (C=O) groups excluding carboxylic acids is 2. The largest absolute Gasteiger partial charge is 0.360 e. The second-order valence-electron chi connectivity index (χ2n) is 7.11. The monoisotopic (exact) mass is 391 g/mol. The van der Waals surface area contributed by atoms with E-state index in [0.29, 0.717) is 30.8 Å².